The van der Waals surface area contributed by atoms with E-state index in [0.717, 1.165) is 44.2 Å². The maximum atomic E-state index is 13.1. The Labute approximate surface area is 209 Å². The van der Waals surface area contributed by atoms with Crippen molar-refractivity contribution in [3.05, 3.63) is 41.4 Å². The number of ketones is 1. The van der Waals surface area contributed by atoms with Gasteiger partial charge in [0, 0.05) is 42.9 Å². The van der Waals surface area contributed by atoms with E-state index >= 15 is 0 Å². The Morgan fingerprint density at radius 3 is 2.51 bits per heavy atom. The van der Waals surface area contributed by atoms with E-state index < -0.39 is 0 Å². The second kappa shape index (κ2) is 10.2. The second-order valence-electron chi connectivity index (χ2n) is 9.52. The zero-order valence-electron chi connectivity index (χ0n) is 19.8. The third kappa shape index (κ3) is 5.73. The number of hydrogen-bond donors (Lipinski definition) is 3. The Bertz CT molecular complexity index is 1230. The van der Waals surface area contributed by atoms with Gasteiger partial charge in [-0.25, -0.2) is 14.5 Å². The van der Waals surface area contributed by atoms with Crippen LogP contribution in [0.1, 0.15) is 68.8 Å². The molecule has 35 heavy (non-hydrogen) atoms. The zero-order valence-corrected chi connectivity index (χ0v) is 20.5. The molecular formula is C25H30ClN7O2. The van der Waals surface area contributed by atoms with E-state index in [1.165, 1.54) is 12.4 Å². The predicted molar refractivity (Wildman–Crippen MR) is 136 cm³/mol. The summed E-state index contributed by atoms with van der Waals surface area (Å²) in [7, 11) is 0. The average Bonchev–Trinajstić information content (AvgIpc) is 3.55. The molecule has 2 fully saturated rings. The van der Waals surface area contributed by atoms with Crippen LogP contribution in [0.2, 0.25) is 5.15 Å². The van der Waals surface area contributed by atoms with Crippen LogP contribution >= 0.6 is 11.6 Å². The van der Waals surface area contributed by atoms with Crippen molar-refractivity contribution in [1.29, 1.82) is 0 Å². The van der Waals surface area contributed by atoms with Gasteiger partial charge in [-0.3, -0.25) is 9.59 Å². The van der Waals surface area contributed by atoms with Gasteiger partial charge in [-0.05, 0) is 56.6 Å². The van der Waals surface area contributed by atoms with Gasteiger partial charge in [0.1, 0.15) is 16.8 Å². The summed E-state index contributed by atoms with van der Waals surface area (Å²) in [5.74, 6) is 1.20. The van der Waals surface area contributed by atoms with Gasteiger partial charge in [-0.1, -0.05) is 18.5 Å². The van der Waals surface area contributed by atoms with Crippen molar-refractivity contribution in [3.63, 3.8) is 0 Å². The Hall–Kier alpha value is -3.20. The number of anilines is 3. The highest BCUT2D eigenvalue weighted by Gasteiger charge is 2.26. The van der Waals surface area contributed by atoms with Crippen molar-refractivity contribution in [2.75, 3.05) is 16.0 Å². The number of halogens is 1. The minimum Gasteiger partial charge on any atom is -0.379 e. The molecule has 5 rings (SSSR count). The largest absolute Gasteiger partial charge is 0.379 e. The number of rotatable bonds is 9. The van der Waals surface area contributed by atoms with E-state index in [9.17, 15) is 9.59 Å². The maximum Gasteiger partial charge on any atom is 0.276 e. The van der Waals surface area contributed by atoms with Gasteiger partial charge in [-0.2, -0.15) is 0 Å². The van der Waals surface area contributed by atoms with Crippen LogP contribution in [0.25, 0.3) is 5.65 Å². The topological polar surface area (TPSA) is 113 Å². The lowest BCUT2D eigenvalue weighted by molar-refractivity contribution is -0.119. The average molecular weight is 496 g/mol. The van der Waals surface area contributed by atoms with E-state index in [0.29, 0.717) is 58.6 Å². The van der Waals surface area contributed by atoms with Crippen molar-refractivity contribution in [2.45, 2.75) is 70.4 Å². The van der Waals surface area contributed by atoms with Gasteiger partial charge >= 0.3 is 0 Å². The number of Topliss-reactive ketones (excluding diaryl/α,β-unsaturated/α-hetero) is 1. The minimum absolute atomic E-state index is 0.279. The summed E-state index contributed by atoms with van der Waals surface area (Å²) < 4.78 is 1.59. The normalized spacial score (nSPS) is 19.9. The van der Waals surface area contributed by atoms with Crippen LogP contribution in [-0.2, 0) is 4.79 Å². The van der Waals surface area contributed by atoms with E-state index in [-0.39, 0.29) is 11.9 Å². The highest BCUT2D eigenvalue weighted by Crippen LogP contribution is 2.32. The fraction of sp³-hybridized carbons (Fsp3) is 0.480. The van der Waals surface area contributed by atoms with Crippen molar-refractivity contribution >= 4 is 46.1 Å². The first kappa shape index (κ1) is 23.5. The Morgan fingerprint density at radius 2 is 1.80 bits per heavy atom. The van der Waals surface area contributed by atoms with Crippen molar-refractivity contribution in [1.82, 2.24) is 19.6 Å². The SMILES string of the molecule is CCC(=O)CC1CCC(Nc2cc(NC3CC3)c3ncc(C(=O)Nc4ccnc(Cl)c4)n3n2)CC1. The molecule has 0 radical (unpaired) electrons. The number of nitrogens with one attached hydrogen (secondary N) is 3. The number of imidazole rings is 1. The molecule has 0 aromatic carbocycles. The molecule has 3 aromatic rings. The van der Waals surface area contributed by atoms with E-state index in [2.05, 4.69) is 25.9 Å². The highest BCUT2D eigenvalue weighted by molar-refractivity contribution is 6.29. The maximum absolute atomic E-state index is 13.1. The molecule has 3 aromatic heterocycles. The van der Waals surface area contributed by atoms with E-state index in [4.69, 9.17) is 16.7 Å². The third-order valence-electron chi connectivity index (χ3n) is 6.73. The molecule has 1 amide bonds. The summed E-state index contributed by atoms with van der Waals surface area (Å²) >= 11 is 5.95. The molecule has 9 nitrogen and oxygen atoms in total. The second-order valence-corrected chi connectivity index (χ2v) is 9.91. The number of carbonyl (C=O) groups is 2. The molecule has 10 heteroatoms. The molecule has 3 N–H and O–H groups in total. The molecule has 184 valence electrons. The molecule has 2 aliphatic carbocycles. The molecule has 0 saturated heterocycles. The van der Waals surface area contributed by atoms with Crippen molar-refractivity contribution < 1.29 is 9.59 Å². The Morgan fingerprint density at radius 1 is 1.06 bits per heavy atom. The number of hydrogen-bond acceptors (Lipinski definition) is 7. The molecular weight excluding hydrogens is 466 g/mol. The fourth-order valence-electron chi connectivity index (χ4n) is 4.61. The van der Waals surface area contributed by atoms with E-state index in [1.807, 2.05) is 13.0 Å². The van der Waals surface area contributed by atoms with Crippen LogP contribution in [0.4, 0.5) is 17.2 Å². The van der Waals surface area contributed by atoms with Gasteiger partial charge in [0.15, 0.2) is 11.3 Å². The smallest absolute Gasteiger partial charge is 0.276 e. The molecule has 0 unspecified atom stereocenters. The Kier molecular flexibility index (Phi) is 6.86. The third-order valence-corrected chi connectivity index (χ3v) is 6.94. The number of carbonyl (C=O) groups excluding carboxylic acids is 2. The lowest BCUT2D eigenvalue weighted by Gasteiger charge is -2.29. The van der Waals surface area contributed by atoms with Crippen molar-refractivity contribution in [2.24, 2.45) is 5.92 Å². The van der Waals surface area contributed by atoms with Crippen LogP contribution in [-0.4, -0.2) is 43.4 Å². The number of fused-ring (bicyclic) bond motifs is 1. The summed E-state index contributed by atoms with van der Waals surface area (Å²) in [5, 5.41) is 15.0. The summed E-state index contributed by atoms with van der Waals surface area (Å²) in [6.07, 6.45) is 10.7. The lowest BCUT2D eigenvalue weighted by atomic mass is 9.83. The Balaban J connectivity index is 1.35. The molecule has 2 saturated carbocycles. The monoisotopic (exact) mass is 495 g/mol. The molecule has 0 aliphatic heterocycles. The van der Waals surface area contributed by atoms with Crippen LogP contribution in [0.3, 0.4) is 0 Å². The number of aromatic nitrogens is 4. The van der Waals surface area contributed by atoms with Gasteiger partial charge in [0.05, 0.1) is 11.9 Å². The predicted octanol–water partition coefficient (Wildman–Crippen LogP) is 4.94. The van der Waals surface area contributed by atoms with Crippen LogP contribution in [0, 0.1) is 5.92 Å². The first-order valence-corrected chi connectivity index (χ1v) is 12.7. The molecule has 0 spiro atoms. The van der Waals surface area contributed by atoms with Crippen molar-refractivity contribution in [3.8, 4) is 0 Å². The van der Waals surface area contributed by atoms with Gasteiger partial charge in [0.2, 0.25) is 0 Å². The minimum atomic E-state index is -0.331. The number of amides is 1. The van der Waals surface area contributed by atoms with Crippen LogP contribution < -0.4 is 16.0 Å². The number of nitrogens with zero attached hydrogens (tertiary/aromatic N) is 4. The lowest BCUT2D eigenvalue weighted by Crippen LogP contribution is -2.28. The quantitative estimate of drug-likeness (QED) is 0.360. The summed E-state index contributed by atoms with van der Waals surface area (Å²) in [6.45, 7) is 1.93. The highest BCUT2D eigenvalue weighted by atomic mass is 35.5. The standard InChI is InChI=1S/C25H30ClN7O2/c1-2-19(34)11-15-3-5-17(6-4-15)30-23-13-20(29-16-7-8-16)24-28-14-21(33(24)32-23)25(35)31-18-9-10-27-22(26)12-18/h9-10,12-17,29H,2-8,11H2,1H3,(H,30,32)(H,27,31,35). The summed E-state index contributed by atoms with van der Waals surface area (Å²) in [5.41, 5.74) is 2.35. The first-order valence-electron chi connectivity index (χ1n) is 12.3. The molecule has 0 atom stereocenters. The molecule has 3 heterocycles. The molecule has 0 bridgehead atoms. The summed E-state index contributed by atoms with van der Waals surface area (Å²) in [4.78, 5) is 33.3. The van der Waals surface area contributed by atoms with Crippen LogP contribution in [0.5, 0.6) is 0 Å². The van der Waals surface area contributed by atoms with E-state index in [1.54, 1.807) is 16.6 Å². The van der Waals surface area contributed by atoms with Gasteiger partial charge in [-0.15, -0.1) is 5.10 Å². The van der Waals surface area contributed by atoms with Crippen LogP contribution in [0.15, 0.2) is 30.6 Å². The first-order chi connectivity index (χ1) is 17.0. The summed E-state index contributed by atoms with van der Waals surface area (Å²) in [6, 6.07) is 5.96. The van der Waals surface area contributed by atoms with Gasteiger partial charge in [0.25, 0.3) is 5.91 Å². The van der Waals surface area contributed by atoms with Gasteiger partial charge < -0.3 is 16.0 Å². The fourth-order valence-corrected chi connectivity index (χ4v) is 4.78. The molecule has 2 aliphatic rings. The number of pyridine rings is 1. The zero-order chi connectivity index (χ0) is 24.4.